The molecular formula is C32H32N8O3. The summed E-state index contributed by atoms with van der Waals surface area (Å²) < 4.78 is 11.5. The number of pyridine rings is 1. The van der Waals surface area contributed by atoms with Crippen LogP contribution in [0.1, 0.15) is 43.1 Å². The summed E-state index contributed by atoms with van der Waals surface area (Å²) in [6.07, 6.45) is 12.2. The number of aromatic nitrogens is 6. The molecule has 4 aromatic heterocycles. The standard InChI is InChI=1S/C32H32N8O3/c41-29-20-43-26-7-8-28-36-31(26)38(29)14-3-1-2-4-15-39-32(42)24-19-34-27(35-30(24)40(28)39)18-21-5-6-25-22(17-21)11-16-37(25)23-9-12-33-13-10-23/h2,4-8,11,16-17,19,23,33H,1,3,9-10,12-15,18,20H2/b4-2-. The Morgan fingerprint density at radius 1 is 1.02 bits per heavy atom. The summed E-state index contributed by atoms with van der Waals surface area (Å²) >= 11 is 0. The van der Waals surface area contributed by atoms with Gasteiger partial charge in [-0.05, 0) is 80.1 Å². The van der Waals surface area contributed by atoms with Gasteiger partial charge in [0.2, 0.25) is 0 Å². The number of carbonyl (C=O) groups is 1. The Hall–Kier alpha value is -4.77. The van der Waals surface area contributed by atoms with Crippen molar-refractivity contribution in [2.24, 2.45) is 0 Å². The van der Waals surface area contributed by atoms with Crippen LogP contribution in [-0.4, -0.2) is 61.0 Å². The van der Waals surface area contributed by atoms with Crippen LogP contribution in [0.15, 0.2) is 65.7 Å². The van der Waals surface area contributed by atoms with Gasteiger partial charge in [0.1, 0.15) is 11.2 Å². The SMILES string of the molecule is O=C1COc2ccc3nc2N1CCC/C=C\Cn1c(=O)c2cnc(Cc4ccc5c(ccn5C5CCNCC5)c4)nc2n1-3. The molecule has 1 fully saturated rings. The van der Waals surface area contributed by atoms with E-state index in [0.29, 0.717) is 59.8 Å². The van der Waals surface area contributed by atoms with Crippen molar-refractivity contribution >= 4 is 33.7 Å². The monoisotopic (exact) mass is 576 g/mol. The summed E-state index contributed by atoms with van der Waals surface area (Å²) in [5, 5.41) is 5.07. The van der Waals surface area contributed by atoms with Crippen LogP contribution in [0.25, 0.3) is 27.8 Å². The van der Waals surface area contributed by atoms with Gasteiger partial charge in [0.05, 0.1) is 6.54 Å². The molecule has 8 rings (SSSR count). The molecule has 0 spiro atoms. The maximum absolute atomic E-state index is 13.6. The molecule has 1 saturated heterocycles. The molecule has 218 valence electrons. The molecule has 0 unspecified atom stereocenters. The Labute approximate surface area is 247 Å². The molecule has 0 aliphatic carbocycles. The van der Waals surface area contributed by atoms with Gasteiger partial charge >= 0.3 is 0 Å². The predicted molar refractivity (Wildman–Crippen MR) is 163 cm³/mol. The highest BCUT2D eigenvalue weighted by molar-refractivity contribution is 5.96. The second-order valence-electron chi connectivity index (χ2n) is 11.4. The van der Waals surface area contributed by atoms with E-state index in [4.69, 9.17) is 14.7 Å². The van der Waals surface area contributed by atoms with Gasteiger partial charge in [0.15, 0.2) is 29.6 Å². The first-order valence-corrected chi connectivity index (χ1v) is 15.0. The summed E-state index contributed by atoms with van der Waals surface area (Å²) in [4.78, 5) is 42.4. The van der Waals surface area contributed by atoms with E-state index in [-0.39, 0.29) is 18.1 Å². The molecule has 3 aliphatic rings. The van der Waals surface area contributed by atoms with Crippen LogP contribution in [0.2, 0.25) is 0 Å². The lowest BCUT2D eigenvalue weighted by molar-refractivity contribution is -0.121. The first-order chi connectivity index (χ1) is 21.1. The molecule has 11 nitrogen and oxygen atoms in total. The van der Waals surface area contributed by atoms with Crippen molar-refractivity contribution < 1.29 is 9.53 Å². The number of piperidine rings is 1. The second-order valence-corrected chi connectivity index (χ2v) is 11.4. The number of nitrogens with one attached hydrogen (secondary N) is 1. The first kappa shape index (κ1) is 25.9. The highest BCUT2D eigenvalue weighted by atomic mass is 16.5. The zero-order chi connectivity index (χ0) is 28.9. The Bertz CT molecular complexity index is 1960. The van der Waals surface area contributed by atoms with Crippen molar-refractivity contribution in [2.75, 3.05) is 31.1 Å². The Kier molecular flexibility index (Phi) is 6.32. The van der Waals surface area contributed by atoms with E-state index in [9.17, 15) is 9.59 Å². The number of benzene rings is 1. The lowest BCUT2D eigenvalue weighted by atomic mass is 10.1. The van der Waals surface area contributed by atoms with Crippen molar-refractivity contribution in [3.63, 3.8) is 0 Å². The third kappa shape index (κ3) is 4.51. The zero-order valence-electron chi connectivity index (χ0n) is 23.8. The van der Waals surface area contributed by atoms with E-state index in [1.165, 1.54) is 10.9 Å². The number of nitrogens with zero attached hydrogens (tertiary/aromatic N) is 7. The van der Waals surface area contributed by atoms with Gasteiger partial charge in [-0.2, -0.15) is 0 Å². The Morgan fingerprint density at radius 2 is 1.93 bits per heavy atom. The zero-order valence-corrected chi connectivity index (χ0v) is 23.8. The maximum Gasteiger partial charge on any atom is 0.278 e. The van der Waals surface area contributed by atoms with Crippen molar-refractivity contribution in [3.05, 3.63) is 82.7 Å². The van der Waals surface area contributed by atoms with Crippen LogP contribution in [-0.2, 0) is 17.8 Å². The third-order valence-corrected chi connectivity index (χ3v) is 8.72. The van der Waals surface area contributed by atoms with E-state index < -0.39 is 0 Å². The van der Waals surface area contributed by atoms with Crippen LogP contribution < -0.4 is 20.5 Å². The maximum atomic E-state index is 13.6. The van der Waals surface area contributed by atoms with Gasteiger partial charge in [0, 0.05) is 36.9 Å². The molecular weight excluding hydrogens is 544 g/mol. The number of anilines is 1. The van der Waals surface area contributed by atoms with E-state index in [2.05, 4.69) is 51.4 Å². The molecule has 5 aromatic rings. The van der Waals surface area contributed by atoms with Gasteiger partial charge in [-0.3, -0.25) is 14.5 Å². The molecule has 0 atom stereocenters. The summed E-state index contributed by atoms with van der Waals surface area (Å²) in [5.41, 5.74) is 2.65. The topological polar surface area (TPSA) is 112 Å². The number of amides is 1. The highest BCUT2D eigenvalue weighted by Crippen LogP contribution is 2.32. The number of fused-ring (bicyclic) bond motifs is 6. The fourth-order valence-electron chi connectivity index (χ4n) is 6.53. The van der Waals surface area contributed by atoms with Gasteiger partial charge in [-0.25, -0.2) is 24.3 Å². The van der Waals surface area contributed by atoms with Gasteiger partial charge in [-0.1, -0.05) is 18.2 Å². The molecule has 43 heavy (non-hydrogen) atoms. The van der Waals surface area contributed by atoms with Gasteiger partial charge in [0.25, 0.3) is 11.5 Å². The van der Waals surface area contributed by atoms with Crippen molar-refractivity contribution in [3.8, 4) is 11.6 Å². The summed E-state index contributed by atoms with van der Waals surface area (Å²) in [6, 6.07) is 12.9. The summed E-state index contributed by atoms with van der Waals surface area (Å²) in [6.45, 7) is 3.01. The molecule has 2 bridgehead atoms. The molecule has 7 heterocycles. The van der Waals surface area contributed by atoms with E-state index in [1.807, 2.05) is 12.1 Å². The van der Waals surface area contributed by atoms with Gasteiger partial charge < -0.3 is 14.6 Å². The minimum atomic E-state index is -0.187. The van der Waals surface area contributed by atoms with Crippen LogP contribution in [0.5, 0.6) is 5.75 Å². The Morgan fingerprint density at radius 3 is 2.84 bits per heavy atom. The number of hydrogen-bond acceptors (Lipinski definition) is 7. The number of hydrogen-bond donors (Lipinski definition) is 1. The van der Waals surface area contributed by atoms with Crippen LogP contribution in [0, 0.1) is 0 Å². The molecule has 0 radical (unpaired) electrons. The van der Waals surface area contributed by atoms with Crippen molar-refractivity contribution in [1.82, 2.24) is 34.2 Å². The van der Waals surface area contributed by atoms with E-state index in [0.717, 1.165) is 44.3 Å². The van der Waals surface area contributed by atoms with Crippen LogP contribution in [0.4, 0.5) is 5.82 Å². The smallest absolute Gasteiger partial charge is 0.278 e. The Balaban J connectivity index is 1.19. The van der Waals surface area contributed by atoms with Crippen LogP contribution in [0.3, 0.4) is 0 Å². The lowest BCUT2D eigenvalue weighted by Gasteiger charge is -2.28. The minimum absolute atomic E-state index is 0.00775. The van der Waals surface area contributed by atoms with E-state index in [1.54, 1.807) is 26.5 Å². The molecule has 3 aliphatic heterocycles. The minimum Gasteiger partial charge on any atom is -0.480 e. The van der Waals surface area contributed by atoms with Crippen molar-refractivity contribution in [1.29, 1.82) is 0 Å². The second kappa shape index (κ2) is 10.5. The highest BCUT2D eigenvalue weighted by Gasteiger charge is 2.28. The molecule has 11 heteroatoms. The summed E-state index contributed by atoms with van der Waals surface area (Å²) in [5.74, 6) is 2.01. The molecule has 0 saturated carbocycles. The first-order valence-electron chi connectivity index (χ1n) is 15.0. The molecule has 1 aromatic carbocycles. The van der Waals surface area contributed by atoms with E-state index >= 15 is 0 Å². The number of carbonyl (C=O) groups excluding carboxylic acids is 1. The number of allylic oxidation sites excluding steroid dienone is 2. The predicted octanol–water partition coefficient (Wildman–Crippen LogP) is 3.52. The number of rotatable bonds is 3. The number of ether oxygens (including phenoxy) is 1. The van der Waals surface area contributed by atoms with Crippen LogP contribution >= 0.6 is 0 Å². The van der Waals surface area contributed by atoms with Gasteiger partial charge in [-0.15, -0.1) is 0 Å². The molecule has 1 N–H and O–H groups in total. The average molecular weight is 577 g/mol. The third-order valence-electron chi connectivity index (χ3n) is 8.72. The fraction of sp³-hybridized carbons (Fsp3) is 0.344. The fourth-order valence-corrected chi connectivity index (χ4v) is 6.53. The average Bonchev–Trinajstić information content (AvgIpc) is 3.57. The summed E-state index contributed by atoms with van der Waals surface area (Å²) in [7, 11) is 0. The quantitative estimate of drug-likeness (QED) is 0.327. The largest absolute Gasteiger partial charge is 0.480 e. The normalized spacial score (nSPS) is 18.2. The lowest BCUT2D eigenvalue weighted by Crippen LogP contribution is -2.40. The molecule has 1 amide bonds. The van der Waals surface area contributed by atoms with Crippen molar-refractivity contribution in [2.45, 2.75) is 44.7 Å².